The third kappa shape index (κ3) is 1.94. The van der Waals surface area contributed by atoms with E-state index in [2.05, 4.69) is 6.58 Å². The summed E-state index contributed by atoms with van der Waals surface area (Å²) >= 11 is 0. The van der Waals surface area contributed by atoms with Crippen molar-refractivity contribution in [3.8, 4) is 0 Å². The summed E-state index contributed by atoms with van der Waals surface area (Å²) in [5.41, 5.74) is 1.11. The maximum absolute atomic E-state index is 11.6. The summed E-state index contributed by atoms with van der Waals surface area (Å²) in [7, 11) is 0. The van der Waals surface area contributed by atoms with Crippen molar-refractivity contribution in [2.75, 3.05) is 0 Å². The van der Waals surface area contributed by atoms with Gasteiger partial charge in [0.15, 0.2) is 0 Å². The van der Waals surface area contributed by atoms with Gasteiger partial charge >= 0.3 is 6.09 Å². The van der Waals surface area contributed by atoms with Crippen LogP contribution in [0.1, 0.15) is 12.5 Å². The van der Waals surface area contributed by atoms with Crippen molar-refractivity contribution < 1.29 is 9.53 Å². The lowest BCUT2D eigenvalue weighted by Gasteiger charge is -2.19. The van der Waals surface area contributed by atoms with Crippen molar-refractivity contribution >= 4 is 6.09 Å². The van der Waals surface area contributed by atoms with E-state index in [0.29, 0.717) is 6.54 Å². The van der Waals surface area contributed by atoms with E-state index in [9.17, 15) is 4.79 Å². The van der Waals surface area contributed by atoms with Crippen LogP contribution in [0, 0.1) is 0 Å². The molecule has 0 spiro atoms. The fourth-order valence-corrected chi connectivity index (χ4v) is 1.86. The number of carbonyl (C=O) groups is 1. The molecule has 0 bridgehead atoms. The van der Waals surface area contributed by atoms with Gasteiger partial charge in [-0.15, -0.1) is 0 Å². The number of benzene rings is 1. The van der Waals surface area contributed by atoms with Gasteiger partial charge in [-0.2, -0.15) is 0 Å². The van der Waals surface area contributed by atoms with Gasteiger partial charge in [0.05, 0.1) is 6.04 Å². The third-order valence-corrected chi connectivity index (χ3v) is 2.87. The standard InChI is InChI=1S/C13H15NO2/c1-3-12-10(2)14(13(15)16-12)9-11-7-5-4-6-8-11/h3-8,10,12H,1,9H2,2H3/t10-,12-/m0/s1. The molecule has 0 N–H and O–H groups in total. The Morgan fingerprint density at radius 3 is 2.69 bits per heavy atom. The number of cyclic esters (lactones) is 1. The van der Waals surface area contributed by atoms with Crippen LogP contribution in [0.15, 0.2) is 43.0 Å². The lowest BCUT2D eigenvalue weighted by atomic mass is 10.1. The van der Waals surface area contributed by atoms with Gasteiger partial charge in [0, 0.05) is 6.54 Å². The topological polar surface area (TPSA) is 29.5 Å². The second kappa shape index (κ2) is 4.39. The van der Waals surface area contributed by atoms with Gasteiger partial charge in [0.25, 0.3) is 0 Å². The minimum atomic E-state index is -0.263. The molecule has 0 unspecified atom stereocenters. The van der Waals surface area contributed by atoms with Crippen LogP contribution in [0.2, 0.25) is 0 Å². The molecule has 84 valence electrons. The number of rotatable bonds is 3. The van der Waals surface area contributed by atoms with Crippen molar-refractivity contribution in [2.45, 2.75) is 25.6 Å². The minimum Gasteiger partial charge on any atom is -0.440 e. The van der Waals surface area contributed by atoms with Crippen molar-refractivity contribution in [1.82, 2.24) is 4.90 Å². The van der Waals surface area contributed by atoms with Gasteiger partial charge in [0.1, 0.15) is 6.10 Å². The average Bonchev–Trinajstić information content (AvgIpc) is 2.58. The van der Waals surface area contributed by atoms with Crippen LogP contribution in [0.3, 0.4) is 0 Å². The van der Waals surface area contributed by atoms with Crippen LogP contribution in [0.5, 0.6) is 0 Å². The average molecular weight is 217 g/mol. The molecule has 0 aliphatic carbocycles. The van der Waals surface area contributed by atoms with Crippen LogP contribution in [-0.4, -0.2) is 23.1 Å². The molecule has 1 aliphatic heterocycles. The van der Waals surface area contributed by atoms with Crippen molar-refractivity contribution in [2.24, 2.45) is 0 Å². The SMILES string of the molecule is C=C[C@@H]1OC(=O)N(Cc2ccccc2)[C@H]1C. The first-order valence-electron chi connectivity index (χ1n) is 5.36. The first-order valence-corrected chi connectivity index (χ1v) is 5.36. The van der Waals surface area contributed by atoms with Crippen LogP contribution < -0.4 is 0 Å². The van der Waals surface area contributed by atoms with E-state index < -0.39 is 0 Å². The number of amides is 1. The Kier molecular flexibility index (Phi) is 2.95. The molecular weight excluding hydrogens is 202 g/mol. The number of carbonyl (C=O) groups excluding carboxylic acids is 1. The highest BCUT2D eigenvalue weighted by Gasteiger charge is 2.36. The molecule has 1 saturated heterocycles. The molecule has 1 amide bonds. The second-order valence-corrected chi connectivity index (χ2v) is 3.94. The molecular formula is C13H15NO2. The molecule has 0 radical (unpaired) electrons. The normalized spacial score (nSPS) is 24.3. The summed E-state index contributed by atoms with van der Waals surface area (Å²) in [5.74, 6) is 0. The maximum atomic E-state index is 11.6. The second-order valence-electron chi connectivity index (χ2n) is 3.94. The van der Waals surface area contributed by atoms with Crippen LogP contribution in [0.25, 0.3) is 0 Å². The Balaban J connectivity index is 2.11. The zero-order chi connectivity index (χ0) is 11.5. The Labute approximate surface area is 95.3 Å². The smallest absolute Gasteiger partial charge is 0.411 e. The van der Waals surface area contributed by atoms with Crippen molar-refractivity contribution in [3.05, 3.63) is 48.6 Å². The Hall–Kier alpha value is -1.77. The van der Waals surface area contributed by atoms with Gasteiger partial charge in [-0.3, -0.25) is 4.90 Å². The van der Waals surface area contributed by atoms with Gasteiger partial charge in [0.2, 0.25) is 0 Å². The Bertz CT molecular complexity index is 388. The molecule has 0 aromatic heterocycles. The molecule has 16 heavy (non-hydrogen) atoms. The fraction of sp³-hybridized carbons (Fsp3) is 0.308. The van der Waals surface area contributed by atoms with Gasteiger partial charge in [-0.1, -0.05) is 36.9 Å². The Morgan fingerprint density at radius 1 is 1.44 bits per heavy atom. The highest BCUT2D eigenvalue weighted by atomic mass is 16.6. The molecule has 2 rings (SSSR count). The van der Waals surface area contributed by atoms with Crippen LogP contribution in [0.4, 0.5) is 4.79 Å². The predicted molar refractivity (Wildman–Crippen MR) is 61.9 cm³/mol. The molecule has 0 saturated carbocycles. The highest BCUT2D eigenvalue weighted by molar-refractivity contribution is 5.71. The molecule has 1 fully saturated rings. The number of nitrogens with zero attached hydrogens (tertiary/aromatic N) is 1. The zero-order valence-electron chi connectivity index (χ0n) is 9.30. The molecule has 3 nitrogen and oxygen atoms in total. The summed E-state index contributed by atoms with van der Waals surface area (Å²) in [5, 5.41) is 0. The number of hydrogen-bond donors (Lipinski definition) is 0. The van der Waals surface area contributed by atoms with Gasteiger partial charge in [-0.25, -0.2) is 4.79 Å². The van der Waals surface area contributed by atoms with E-state index >= 15 is 0 Å². The van der Waals surface area contributed by atoms with E-state index in [1.54, 1.807) is 11.0 Å². The van der Waals surface area contributed by atoms with E-state index in [-0.39, 0.29) is 18.2 Å². The lowest BCUT2D eigenvalue weighted by molar-refractivity contribution is 0.144. The van der Waals surface area contributed by atoms with Crippen molar-refractivity contribution in [1.29, 1.82) is 0 Å². The molecule has 1 aliphatic rings. The van der Waals surface area contributed by atoms with E-state index in [4.69, 9.17) is 4.74 Å². The summed E-state index contributed by atoms with van der Waals surface area (Å²) in [4.78, 5) is 13.3. The summed E-state index contributed by atoms with van der Waals surface area (Å²) < 4.78 is 5.18. The van der Waals surface area contributed by atoms with Crippen LogP contribution in [-0.2, 0) is 11.3 Å². The highest BCUT2D eigenvalue weighted by Crippen LogP contribution is 2.22. The first-order chi connectivity index (χ1) is 7.72. The maximum Gasteiger partial charge on any atom is 0.411 e. The summed E-state index contributed by atoms with van der Waals surface area (Å²) in [6, 6.07) is 9.94. The third-order valence-electron chi connectivity index (χ3n) is 2.87. The lowest BCUT2D eigenvalue weighted by Crippen LogP contribution is -2.32. The minimum absolute atomic E-state index is 0.0465. The van der Waals surface area contributed by atoms with E-state index in [1.165, 1.54) is 0 Å². The Morgan fingerprint density at radius 2 is 2.12 bits per heavy atom. The predicted octanol–water partition coefficient (Wildman–Crippen LogP) is 2.58. The van der Waals surface area contributed by atoms with E-state index in [1.807, 2.05) is 37.3 Å². The number of ether oxygens (including phenoxy) is 1. The monoisotopic (exact) mass is 217 g/mol. The molecule has 2 atom stereocenters. The summed E-state index contributed by atoms with van der Waals surface area (Å²) in [6.45, 7) is 6.23. The fourth-order valence-electron chi connectivity index (χ4n) is 1.86. The molecule has 3 heteroatoms. The largest absolute Gasteiger partial charge is 0.440 e. The van der Waals surface area contributed by atoms with E-state index in [0.717, 1.165) is 5.56 Å². The number of hydrogen-bond acceptors (Lipinski definition) is 2. The summed E-state index contributed by atoms with van der Waals surface area (Å²) in [6.07, 6.45) is 1.21. The van der Waals surface area contributed by atoms with Crippen LogP contribution >= 0.6 is 0 Å². The van der Waals surface area contributed by atoms with Crippen molar-refractivity contribution in [3.63, 3.8) is 0 Å². The first kappa shape index (κ1) is 10.7. The van der Waals surface area contributed by atoms with Gasteiger partial charge < -0.3 is 4.74 Å². The molecule has 1 heterocycles. The molecule has 1 aromatic carbocycles. The zero-order valence-corrected chi connectivity index (χ0v) is 9.30. The molecule has 1 aromatic rings. The quantitative estimate of drug-likeness (QED) is 0.728. The van der Waals surface area contributed by atoms with Gasteiger partial charge in [-0.05, 0) is 18.6 Å².